The minimum absolute atomic E-state index is 0.00241. The van der Waals surface area contributed by atoms with Crippen molar-refractivity contribution >= 4 is 18.0 Å². The number of aromatic hydroxyl groups is 1. The second-order valence-corrected chi connectivity index (χ2v) is 4.87. The molecule has 0 saturated carbocycles. The van der Waals surface area contributed by atoms with Gasteiger partial charge in [0.2, 0.25) is 5.91 Å². The molecule has 0 unspecified atom stereocenters. The Morgan fingerprint density at radius 2 is 1.96 bits per heavy atom. The molecule has 0 heterocycles. The van der Waals surface area contributed by atoms with Crippen LogP contribution < -0.4 is 10.7 Å². The fourth-order valence-corrected chi connectivity index (χ4v) is 1.87. The summed E-state index contributed by atoms with van der Waals surface area (Å²) in [6.45, 7) is 0.0562. The molecule has 3 N–H and O–H groups in total. The van der Waals surface area contributed by atoms with Gasteiger partial charge in [0, 0.05) is 13.0 Å². The number of amides is 2. The van der Waals surface area contributed by atoms with Gasteiger partial charge >= 0.3 is 0 Å². The van der Waals surface area contributed by atoms with Gasteiger partial charge in [0.1, 0.15) is 11.6 Å². The Kier molecular flexibility index (Phi) is 6.01. The molecule has 0 aromatic heterocycles. The molecule has 0 aliphatic carbocycles. The molecule has 0 aliphatic heterocycles. The predicted octanol–water partition coefficient (Wildman–Crippen LogP) is 1.80. The number of rotatable bonds is 6. The second kappa shape index (κ2) is 8.42. The molecule has 2 amide bonds. The zero-order valence-electron chi connectivity index (χ0n) is 12.7. The van der Waals surface area contributed by atoms with Gasteiger partial charge in [-0.25, -0.2) is 9.82 Å². The highest BCUT2D eigenvalue weighted by Gasteiger charge is 2.10. The van der Waals surface area contributed by atoms with Gasteiger partial charge in [-0.15, -0.1) is 0 Å². The minimum Gasteiger partial charge on any atom is -0.508 e. The van der Waals surface area contributed by atoms with E-state index in [1.165, 1.54) is 36.5 Å². The Morgan fingerprint density at radius 3 is 2.71 bits per heavy atom. The van der Waals surface area contributed by atoms with Crippen molar-refractivity contribution < 1.29 is 19.1 Å². The van der Waals surface area contributed by atoms with Gasteiger partial charge in [0.05, 0.1) is 11.8 Å². The fraction of sp³-hybridized carbons (Fsp3) is 0.118. The van der Waals surface area contributed by atoms with Gasteiger partial charge in [-0.2, -0.15) is 5.10 Å². The lowest BCUT2D eigenvalue weighted by atomic mass is 10.2. The molecule has 2 aromatic rings. The lowest BCUT2D eigenvalue weighted by molar-refractivity contribution is -0.120. The number of hydrogen-bond acceptors (Lipinski definition) is 4. The fourth-order valence-electron chi connectivity index (χ4n) is 1.87. The van der Waals surface area contributed by atoms with Crippen molar-refractivity contribution in [3.05, 3.63) is 65.5 Å². The van der Waals surface area contributed by atoms with Crippen molar-refractivity contribution in [3.63, 3.8) is 0 Å². The Bertz CT molecular complexity index is 762. The lowest BCUT2D eigenvalue weighted by Crippen LogP contribution is -2.29. The molecule has 2 aromatic carbocycles. The number of hydrogen-bond donors (Lipinski definition) is 3. The number of carbonyl (C=O) groups is 2. The number of halogens is 1. The summed E-state index contributed by atoms with van der Waals surface area (Å²) in [5.74, 6) is -1.50. The molecule has 0 aliphatic rings. The number of carbonyl (C=O) groups excluding carboxylic acids is 2. The average molecular weight is 329 g/mol. The van der Waals surface area contributed by atoms with Gasteiger partial charge in [-0.3, -0.25) is 9.59 Å². The zero-order valence-corrected chi connectivity index (χ0v) is 12.7. The molecular weight excluding hydrogens is 313 g/mol. The molecule has 0 atom stereocenters. The van der Waals surface area contributed by atoms with E-state index >= 15 is 0 Å². The predicted molar refractivity (Wildman–Crippen MR) is 87.2 cm³/mol. The highest BCUT2D eigenvalue weighted by atomic mass is 19.1. The normalized spacial score (nSPS) is 10.5. The maximum atomic E-state index is 13.4. The first-order valence-electron chi connectivity index (χ1n) is 7.20. The SMILES string of the molecule is O=C(CCNC(=O)c1ccccc1F)NN=Cc1cccc(O)c1. The first kappa shape index (κ1) is 17.1. The van der Waals surface area contributed by atoms with Crippen molar-refractivity contribution in [2.75, 3.05) is 6.54 Å². The van der Waals surface area contributed by atoms with E-state index in [4.69, 9.17) is 0 Å². The number of phenolic OH excluding ortho intramolecular Hbond substituents is 1. The van der Waals surface area contributed by atoms with E-state index in [0.29, 0.717) is 5.56 Å². The van der Waals surface area contributed by atoms with Crippen LogP contribution in [0.25, 0.3) is 0 Å². The van der Waals surface area contributed by atoms with E-state index in [2.05, 4.69) is 15.8 Å². The number of nitrogens with zero attached hydrogens (tertiary/aromatic N) is 1. The standard InChI is InChI=1S/C17H16FN3O3/c18-15-7-2-1-6-14(15)17(24)19-9-8-16(23)21-20-11-12-4-3-5-13(22)10-12/h1-7,10-11,22H,8-9H2,(H,19,24)(H,21,23). The number of phenols is 1. The van der Waals surface area contributed by atoms with E-state index in [-0.39, 0.29) is 24.3 Å². The van der Waals surface area contributed by atoms with Crippen LogP contribution in [0.4, 0.5) is 4.39 Å². The van der Waals surface area contributed by atoms with Crippen LogP contribution in [0.3, 0.4) is 0 Å². The van der Waals surface area contributed by atoms with E-state index in [1.54, 1.807) is 18.2 Å². The largest absolute Gasteiger partial charge is 0.508 e. The Balaban J connectivity index is 1.73. The minimum atomic E-state index is -0.616. The van der Waals surface area contributed by atoms with E-state index in [0.717, 1.165) is 0 Å². The van der Waals surface area contributed by atoms with Crippen molar-refractivity contribution in [1.29, 1.82) is 0 Å². The van der Waals surface area contributed by atoms with Crippen LogP contribution in [0, 0.1) is 5.82 Å². The summed E-state index contributed by atoms with van der Waals surface area (Å²) >= 11 is 0. The summed E-state index contributed by atoms with van der Waals surface area (Å²) in [7, 11) is 0. The Morgan fingerprint density at radius 1 is 1.17 bits per heavy atom. The van der Waals surface area contributed by atoms with Crippen LogP contribution in [0.5, 0.6) is 5.75 Å². The average Bonchev–Trinajstić information content (AvgIpc) is 2.55. The van der Waals surface area contributed by atoms with E-state index < -0.39 is 17.6 Å². The number of nitrogens with one attached hydrogen (secondary N) is 2. The van der Waals surface area contributed by atoms with Crippen molar-refractivity contribution in [1.82, 2.24) is 10.7 Å². The van der Waals surface area contributed by atoms with E-state index in [1.807, 2.05) is 0 Å². The monoisotopic (exact) mass is 329 g/mol. The third-order valence-corrected chi connectivity index (χ3v) is 3.03. The smallest absolute Gasteiger partial charge is 0.254 e. The highest BCUT2D eigenvalue weighted by Crippen LogP contribution is 2.08. The van der Waals surface area contributed by atoms with Gasteiger partial charge in [-0.05, 0) is 29.8 Å². The molecule has 0 spiro atoms. The first-order chi connectivity index (χ1) is 11.6. The van der Waals surface area contributed by atoms with Crippen LogP contribution >= 0.6 is 0 Å². The van der Waals surface area contributed by atoms with Gasteiger partial charge in [0.25, 0.3) is 5.91 Å². The van der Waals surface area contributed by atoms with Crippen LogP contribution in [0.2, 0.25) is 0 Å². The Labute approximate surface area is 138 Å². The molecule has 2 rings (SSSR count). The summed E-state index contributed by atoms with van der Waals surface area (Å²) in [6.07, 6.45) is 1.38. The topological polar surface area (TPSA) is 90.8 Å². The highest BCUT2D eigenvalue weighted by molar-refractivity contribution is 5.94. The molecule has 0 radical (unpaired) electrons. The van der Waals surface area contributed by atoms with Crippen LogP contribution in [-0.2, 0) is 4.79 Å². The molecule has 24 heavy (non-hydrogen) atoms. The maximum Gasteiger partial charge on any atom is 0.254 e. The molecule has 0 saturated heterocycles. The Hall–Kier alpha value is -3.22. The van der Waals surface area contributed by atoms with Crippen LogP contribution in [-0.4, -0.2) is 29.7 Å². The van der Waals surface area contributed by atoms with E-state index in [9.17, 15) is 19.1 Å². The number of hydrazone groups is 1. The summed E-state index contributed by atoms with van der Waals surface area (Å²) in [4.78, 5) is 23.3. The van der Waals surface area contributed by atoms with Crippen LogP contribution in [0.1, 0.15) is 22.3 Å². The van der Waals surface area contributed by atoms with Gasteiger partial charge in [-0.1, -0.05) is 24.3 Å². The molecule has 0 bridgehead atoms. The summed E-state index contributed by atoms with van der Waals surface area (Å²) in [5, 5.41) is 15.5. The molecule has 124 valence electrons. The molecule has 6 nitrogen and oxygen atoms in total. The van der Waals surface area contributed by atoms with Crippen molar-refractivity contribution in [2.24, 2.45) is 5.10 Å². The summed E-state index contributed by atoms with van der Waals surface area (Å²) in [5.41, 5.74) is 2.86. The molecule has 7 heteroatoms. The van der Waals surface area contributed by atoms with Crippen molar-refractivity contribution in [3.8, 4) is 5.75 Å². The third kappa shape index (κ3) is 5.20. The van der Waals surface area contributed by atoms with Gasteiger partial charge < -0.3 is 10.4 Å². The maximum absolute atomic E-state index is 13.4. The van der Waals surface area contributed by atoms with Gasteiger partial charge in [0.15, 0.2) is 0 Å². The second-order valence-electron chi connectivity index (χ2n) is 4.87. The number of benzene rings is 2. The first-order valence-corrected chi connectivity index (χ1v) is 7.20. The zero-order chi connectivity index (χ0) is 17.4. The quantitative estimate of drug-likeness (QED) is 0.557. The lowest BCUT2D eigenvalue weighted by Gasteiger charge is -2.05. The summed E-state index contributed by atoms with van der Waals surface area (Å²) < 4.78 is 13.4. The summed E-state index contributed by atoms with van der Waals surface area (Å²) in [6, 6.07) is 12.0. The third-order valence-electron chi connectivity index (χ3n) is 3.03. The molecular formula is C17H16FN3O3. The molecule has 0 fully saturated rings. The van der Waals surface area contributed by atoms with Crippen LogP contribution in [0.15, 0.2) is 53.6 Å². The van der Waals surface area contributed by atoms with Crippen molar-refractivity contribution in [2.45, 2.75) is 6.42 Å².